The summed E-state index contributed by atoms with van der Waals surface area (Å²) in [5.74, 6) is 0.770. The number of methoxy groups -OCH3 is 1. The SMILES string of the molecule is CCC(O)c1cccc(N)c1.CCCN1CCN(C)CC1.COc1ccc(N)c(N)c1.Nc1ccc2cc(S)c(N)c(O)c2c1. The van der Waals surface area contributed by atoms with Crippen molar-refractivity contribution in [2.24, 2.45) is 0 Å². The fraction of sp³-hybridized carbons (Fsp3) is 0.353. The van der Waals surface area contributed by atoms with E-state index in [4.69, 9.17) is 33.4 Å². The molecule has 1 fully saturated rings. The zero-order chi connectivity index (χ0) is 33.5. The fourth-order valence-corrected chi connectivity index (χ4v) is 4.71. The standard InChI is InChI=1S/C10H10N2OS.C9H13NO.C8H18N2.C7H10N2O/c11-6-2-1-5-3-8(14)9(12)10(13)7(5)4-6;1-2-9(11)7-4-3-5-8(10)6-7;1-3-4-10-7-5-9(2)6-8-10;1-10-5-2-3-6(8)7(9)4-5/h1-4,13-14H,11-12H2;3-6,9,11H,2,10H2,1H3;3-8H2,1-2H3;2-4H,8-9H2,1H3. The van der Waals surface area contributed by atoms with Gasteiger partial charge in [-0.1, -0.05) is 32.0 Å². The third kappa shape index (κ3) is 12.1. The predicted octanol–water partition coefficient (Wildman–Crippen LogP) is 5.21. The molecule has 45 heavy (non-hydrogen) atoms. The third-order valence-corrected chi connectivity index (χ3v) is 7.64. The Labute approximate surface area is 273 Å². The van der Waals surface area contributed by atoms with Crippen LogP contribution in [0.25, 0.3) is 10.8 Å². The summed E-state index contributed by atoms with van der Waals surface area (Å²) in [4.78, 5) is 5.51. The number of thiol groups is 1. The Morgan fingerprint density at radius 3 is 2.09 bits per heavy atom. The molecule has 4 aromatic rings. The van der Waals surface area contributed by atoms with E-state index in [2.05, 4.69) is 36.4 Å². The topological polar surface area (TPSA) is 186 Å². The highest BCUT2D eigenvalue weighted by atomic mass is 32.1. The number of aliphatic hydroxyl groups excluding tert-OH is 1. The molecule has 5 rings (SSSR count). The number of benzene rings is 4. The molecule has 11 heteroatoms. The van der Waals surface area contributed by atoms with E-state index in [9.17, 15) is 10.2 Å². The van der Waals surface area contributed by atoms with Crippen molar-refractivity contribution in [2.45, 2.75) is 37.7 Å². The van der Waals surface area contributed by atoms with Gasteiger partial charge in [0.2, 0.25) is 0 Å². The smallest absolute Gasteiger partial charge is 0.147 e. The number of piperazine rings is 1. The molecule has 0 saturated carbocycles. The molecular weight excluding hydrogens is 586 g/mol. The molecule has 10 nitrogen and oxygen atoms in total. The van der Waals surface area contributed by atoms with Crippen molar-refractivity contribution in [1.29, 1.82) is 0 Å². The van der Waals surface area contributed by atoms with Gasteiger partial charge in [-0.2, -0.15) is 0 Å². The minimum Gasteiger partial charge on any atom is -0.505 e. The van der Waals surface area contributed by atoms with Gasteiger partial charge >= 0.3 is 0 Å². The number of nitrogens with zero attached hydrogens (tertiary/aromatic N) is 2. The molecular formula is C34H51N7O3S. The zero-order valence-electron chi connectivity index (χ0n) is 26.9. The zero-order valence-corrected chi connectivity index (χ0v) is 27.8. The first-order valence-electron chi connectivity index (χ1n) is 15.0. The number of aromatic hydroxyl groups is 1. The summed E-state index contributed by atoms with van der Waals surface area (Å²) in [5.41, 5.74) is 31.4. The van der Waals surface area contributed by atoms with Gasteiger partial charge in [0.1, 0.15) is 11.5 Å². The van der Waals surface area contributed by atoms with Gasteiger partial charge in [-0.25, -0.2) is 0 Å². The highest BCUT2D eigenvalue weighted by Crippen LogP contribution is 2.36. The maximum absolute atomic E-state index is 9.73. The molecule has 0 radical (unpaired) electrons. The van der Waals surface area contributed by atoms with E-state index in [1.807, 2.05) is 31.2 Å². The van der Waals surface area contributed by atoms with E-state index in [-0.39, 0.29) is 17.5 Å². The summed E-state index contributed by atoms with van der Waals surface area (Å²) in [7, 11) is 3.79. The minimum atomic E-state index is -0.376. The molecule has 1 heterocycles. The molecule has 246 valence electrons. The van der Waals surface area contributed by atoms with Crippen LogP contribution in [0.4, 0.5) is 28.4 Å². The van der Waals surface area contributed by atoms with Gasteiger partial charge < -0.3 is 53.4 Å². The Kier molecular flexibility index (Phi) is 15.4. The summed E-state index contributed by atoms with van der Waals surface area (Å²) in [6.07, 6.45) is 1.64. The number of hydrogen-bond acceptors (Lipinski definition) is 11. The number of hydrogen-bond donors (Lipinski definition) is 8. The number of ether oxygens (including phenoxy) is 1. The third-order valence-electron chi connectivity index (χ3n) is 7.27. The van der Waals surface area contributed by atoms with Crippen LogP contribution in [0, 0.1) is 0 Å². The van der Waals surface area contributed by atoms with Crippen LogP contribution in [0.3, 0.4) is 0 Å². The molecule has 0 amide bonds. The molecule has 0 aromatic heterocycles. The summed E-state index contributed by atoms with van der Waals surface area (Å²) < 4.78 is 4.91. The van der Waals surface area contributed by atoms with Crippen molar-refractivity contribution in [1.82, 2.24) is 9.80 Å². The van der Waals surface area contributed by atoms with E-state index in [0.29, 0.717) is 33.0 Å². The van der Waals surface area contributed by atoms with Crippen LogP contribution in [0.15, 0.2) is 71.6 Å². The Bertz CT molecular complexity index is 1480. The first-order chi connectivity index (χ1) is 21.4. The highest BCUT2D eigenvalue weighted by molar-refractivity contribution is 7.80. The Balaban J connectivity index is 0.000000211. The molecule has 1 aliphatic rings. The average Bonchev–Trinajstić information content (AvgIpc) is 3.03. The van der Waals surface area contributed by atoms with Crippen molar-refractivity contribution >= 4 is 51.8 Å². The van der Waals surface area contributed by atoms with Gasteiger partial charge in [0.05, 0.1) is 30.3 Å². The Morgan fingerprint density at radius 2 is 1.51 bits per heavy atom. The van der Waals surface area contributed by atoms with Gasteiger partial charge in [-0.15, -0.1) is 12.6 Å². The normalized spacial score (nSPS) is 13.7. The number of rotatable bonds is 5. The average molecular weight is 638 g/mol. The monoisotopic (exact) mass is 637 g/mol. The number of nitrogens with two attached hydrogens (primary N) is 5. The number of nitrogen functional groups attached to an aromatic ring is 5. The molecule has 1 saturated heterocycles. The highest BCUT2D eigenvalue weighted by Gasteiger charge is 2.11. The van der Waals surface area contributed by atoms with Crippen LogP contribution in [0.1, 0.15) is 38.4 Å². The maximum Gasteiger partial charge on any atom is 0.147 e. The number of anilines is 5. The van der Waals surface area contributed by atoms with E-state index >= 15 is 0 Å². The second-order valence-corrected chi connectivity index (χ2v) is 11.4. The quantitative estimate of drug-likeness (QED) is 0.0820. The van der Waals surface area contributed by atoms with Crippen molar-refractivity contribution in [3.63, 3.8) is 0 Å². The summed E-state index contributed by atoms with van der Waals surface area (Å²) in [6.45, 7) is 10.5. The number of phenolic OH excluding ortho intramolecular Hbond substituents is 1. The second kappa shape index (κ2) is 18.7. The molecule has 12 N–H and O–H groups in total. The van der Waals surface area contributed by atoms with Crippen molar-refractivity contribution < 1.29 is 14.9 Å². The number of aliphatic hydroxyl groups is 1. The number of phenols is 1. The van der Waals surface area contributed by atoms with Crippen LogP contribution in [0.5, 0.6) is 11.5 Å². The lowest BCUT2D eigenvalue weighted by molar-refractivity contribution is 0.154. The van der Waals surface area contributed by atoms with Gasteiger partial charge in [0, 0.05) is 53.9 Å². The second-order valence-electron chi connectivity index (χ2n) is 10.9. The molecule has 0 aliphatic carbocycles. The number of fused-ring (bicyclic) bond motifs is 1. The van der Waals surface area contributed by atoms with Crippen LogP contribution >= 0.6 is 12.6 Å². The van der Waals surface area contributed by atoms with Gasteiger partial charge in [-0.05, 0) is 79.8 Å². The van der Waals surface area contributed by atoms with E-state index in [0.717, 1.165) is 23.1 Å². The van der Waals surface area contributed by atoms with Crippen LogP contribution in [-0.4, -0.2) is 66.9 Å². The summed E-state index contributed by atoms with van der Waals surface area (Å²) in [5, 5.41) is 20.7. The first kappa shape index (κ1) is 37.2. The van der Waals surface area contributed by atoms with Crippen molar-refractivity contribution in [3.05, 3.63) is 72.3 Å². The summed E-state index contributed by atoms with van der Waals surface area (Å²) >= 11 is 4.15. The first-order valence-corrected chi connectivity index (χ1v) is 15.5. The molecule has 0 spiro atoms. The van der Waals surface area contributed by atoms with Crippen LogP contribution in [-0.2, 0) is 0 Å². The summed E-state index contributed by atoms with van der Waals surface area (Å²) in [6, 6.07) is 19.6. The lowest BCUT2D eigenvalue weighted by Crippen LogP contribution is -2.44. The number of likely N-dealkylation sites (N-methyl/N-ethyl adjacent to an activating group) is 1. The van der Waals surface area contributed by atoms with Crippen LogP contribution in [0.2, 0.25) is 0 Å². The Morgan fingerprint density at radius 1 is 0.844 bits per heavy atom. The van der Waals surface area contributed by atoms with Gasteiger partial charge in [-0.3, -0.25) is 0 Å². The lowest BCUT2D eigenvalue weighted by Gasteiger charge is -2.31. The lowest BCUT2D eigenvalue weighted by atomic mass is 10.1. The molecule has 4 aromatic carbocycles. The van der Waals surface area contributed by atoms with E-state index in [1.165, 1.54) is 39.1 Å². The Hall–Kier alpha value is -4.03. The molecule has 1 aliphatic heterocycles. The van der Waals surface area contributed by atoms with E-state index in [1.54, 1.807) is 49.6 Å². The molecule has 0 bridgehead atoms. The van der Waals surface area contributed by atoms with Crippen molar-refractivity contribution in [2.75, 3.05) is 75.5 Å². The van der Waals surface area contributed by atoms with Gasteiger partial charge in [0.25, 0.3) is 0 Å². The molecule has 1 atom stereocenters. The fourth-order valence-electron chi connectivity index (χ4n) is 4.47. The van der Waals surface area contributed by atoms with Crippen molar-refractivity contribution in [3.8, 4) is 11.5 Å². The molecule has 1 unspecified atom stereocenters. The maximum atomic E-state index is 9.73. The van der Waals surface area contributed by atoms with E-state index < -0.39 is 0 Å². The predicted molar refractivity (Wildman–Crippen MR) is 194 cm³/mol. The minimum absolute atomic E-state index is 0.0415. The van der Waals surface area contributed by atoms with Crippen LogP contribution < -0.4 is 33.4 Å². The van der Waals surface area contributed by atoms with Gasteiger partial charge in [0.15, 0.2) is 0 Å². The largest absolute Gasteiger partial charge is 0.505 e.